The van der Waals surface area contributed by atoms with Crippen LogP contribution in [0, 0.1) is 11.8 Å². The van der Waals surface area contributed by atoms with E-state index in [0.717, 1.165) is 6.42 Å². The first-order valence-corrected chi connectivity index (χ1v) is 6.38. The molecule has 1 aliphatic heterocycles. The molecule has 17 heavy (non-hydrogen) atoms. The summed E-state index contributed by atoms with van der Waals surface area (Å²) >= 11 is 0. The molecule has 3 atom stereocenters. The maximum Gasteiger partial charge on any atom is 0.168 e. The third-order valence-electron chi connectivity index (χ3n) is 3.62. The van der Waals surface area contributed by atoms with Crippen molar-refractivity contribution in [2.24, 2.45) is 11.8 Å². The van der Waals surface area contributed by atoms with Gasteiger partial charge in [-0.3, -0.25) is 9.59 Å². The van der Waals surface area contributed by atoms with E-state index >= 15 is 0 Å². The summed E-state index contributed by atoms with van der Waals surface area (Å²) < 4.78 is 5.85. The molecule has 0 radical (unpaired) electrons. The van der Waals surface area contributed by atoms with E-state index in [-0.39, 0.29) is 29.5 Å². The second-order valence-electron chi connectivity index (χ2n) is 4.75. The third-order valence-corrected chi connectivity index (χ3v) is 3.62. The van der Waals surface area contributed by atoms with Gasteiger partial charge in [0.2, 0.25) is 0 Å². The highest BCUT2D eigenvalue weighted by atomic mass is 16.5. The van der Waals surface area contributed by atoms with Gasteiger partial charge in [0.1, 0.15) is 17.6 Å². The fourth-order valence-electron chi connectivity index (χ4n) is 2.30. The lowest BCUT2D eigenvalue weighted by molar-refractivity contribution is -0.128. The molecule has 0 N–H and O–H groups in total. The van der Waals surface area contributed by atoms with E-state index in [9.17, 15) is 9.59 Å². The Bertz CT molecular complexity index is 354. The number of allylic oxidation sites excluding steroid dienone is 2. The summed E-state index contributed by atoms with van der Waals surface area (Å²) in [7, 11) is 0. The van der Waals surface area contributed by atoms with Gasteiger partial charge in [-0.1, -0.05) is 20.8 Å². The van der Waals surface area contributed by atoms with Crippen molar-refractivity contribution in [3.05, 3.63) is 11.3 Å². The van der Waals surface area contributed by atoms with Crippen LogP contribution in [0.3, 0.4) is 0 Å². The summed E-state index contributed by atoms with van der Waals surface area (Å²) in [6.07, 6.45) is 1.17. The molecule has 0 aliphatic carbocycles. The Labute approximate surface area is 103 Å². The minimum Gasteiger partial charge on any atom is -0.493 e. The topological polar surface area (TPSA) is 43.4 Å². The van der Waals surface area contributed by atoms with Crippen molar-refractivity contribution in [1.82, 2.24) is 0 Å². The van der Waals surface area contributed by atoms with Crippen molar-refractivity contribution in [3.63, 3.8) is 0 Å². The summed E-state index contributed by atoms with van der Waals surface area (Å²) in [4.78, 5) is 23.8. The molecule has 0 spiro atoms. The van der Waals surface area contributed by atoms with Crippen LogP contribution in [0.2, 0.25) is 0 Å². The normalized spacial score (nSPS) is 26.8. The highest BCUT2D eigenvalue weighted by Gasteiger charge is 2.35. The average molecular weight is 238 g/mol. The maximum atomic E-state index is 12.1. The second kappa shape index (κ2) is 5.48. The molecule has 3 nitrogen and oxygen atoms in total. The van der Waals surface area contributed by atoms with E-state index in [0.29, 0.717) is 17.8 Å². The smallest absolute Gasteiger partial charge is 0.168 e. The standard InChI is InChI=1S/C14H22O3/c1-6-11(15)8(3)14-10(5)13(16)9(4)12(7-2)17-14/h8-9,12H,6-7H2,1-5H3. The van der Waals surface area contributed by atoms with Crippen LogP contribution in [0.1, 0.15) is 47.5 Å². The van der Waals surface area contributed by atoms with Crippen LogP contribution in [0.15, 0.2) is 11.3 Å². The lowest BCUT2D eigenvalue weighted by Crippen LogP contribution is -2.36. The number of ketones is 2. The van der Waals surface area contributed by atoms with Gasteiger partial charge in [-0.25, -0.2) is 0 Å². The van der Waals surface area contributed by atoms with Crippen molar-refractivity contribution in [2.45, 2.75) is 53.6 Å². The number of carbonyl (C=O) groups is 2. The van der Waals surface area contributed by atoms with Crippen LogP contribution in [0.25, 0.3) is 0 Å². The number of hydrogen-bond donors (Lipinski definition) is 0. The number of hydrogen-bond acceptors (Lipinski definition) is 3. The molecule has 0 saturated carbocycles. The summed E-state index contributed by atoms with van der Waals surface area (Å²) in [6.45, 7) is 9.31. The van der Waals surface area contributed by atoms with Crippen LogP contribution in [-0.2, 0) is 14.3 Å². The molecule has 0 aromatic rings. The minimum atomic E-state index is -0.300. The van der Waals surface area contributed by atoms with Gasteiger partial charge in [0.25, 0.3) is 0 Å². The highest BCUT2D eigenvalue weighted by Crippen LogP contribution is 2.31. The van der Waals surface area contributed by atoms with Crippen molar-refractivity contribution in [3.8, 4) is 0 Å². The SMILES string of the molecule is CCC(=O)C(C)C1=C(C)C(=O)C(C)C(CC)O1. The molecule has 1 rings (SSSR count). The zero-order valence-electron chi connectivity index (χ0n) is 11.4. The van der Waals surface area contributed by atoms with E-state index < -0.39 is 0 Å². The second-order valence-corrected chi connectivity index (χ2v) is 4.75. The molecule has 0 saturated heterocycles. The Morgan fingerprint density at radius 1 is 1.41 bits per heavy atom. The van der Waals surface area contributed by atoms with Crippen LogP contribution in [-0.4, -0.2) is 17.7 Å². The predicted octanol–water partition coefficient (Wildman–Crippen LogP) is 2.89. The van der Waals surface area contributed by atoms with E-state index in [4.69, 9.17) is 4.74 Å². The molecule has 0 bridgehead atoms. The van der Waals surface area contributed by atoms with Gasteiger partial charge in [0, 0.05) is 12.0 Å². The Hall–Kier alpha value is -1.12. The maximum absolute atomic E-state index is 12.1. The molecule has 3 unspecified atom stereocenters. The first-order valence-electron chi connectivity index (χ1n) is 6.38. The van der Waals surface area contributed by atoms with E-state index in [2.05, 4.69) is 0 Å². The van der Waals surface area contributed by atoms with Crippen LogP contribution < -0.4 is 0 Å². The van der Waals surface area contributed by atoms with Gasteiger partial charge >= 0.3 is 0 Å². The van der Waals surface area contributed by atoms with E-state index in [1.165, 1.54) is 0 Å². The molecule has 0 aromatic heterocycles. The highest BCUT2D eigenvalue weighted by molar-refractivity contribution is 5.99. The van der Waals surface area contributed by atoms with Gasteiger partial charge in [0.05, 0.1) is 11.8 Å². The summed E-state index contributed by atoms with van der Waals surface area (Å²) in [5.74, 6) is 0.426. The van der Waals surface area contributed by atoms with Crippen LogP contribution in [0.5, 0.6) is 0 Å². The number of carbonyl (C=O) groups excluding carboxylic acids is 2. The molecular weight excluding hydrogens is 216 g/mol. The zero-order chi connectivity index (χ0) is 13.2. The van der Waals surface area contributed by atoms with Gasteiger partial charge in [-0.05, 0) is 20.3 Å². The first-order chi connectivity index (χ1) is 7.93. The molecular formula is C14H22O3. The average Bonchev–Trinajstić information content (AvgIpc) is 2.34. The predicted molar refractivity (Wildman–Crippen MR) is 66.5 cm³/mol. The zero-order valence-corrected chi connectivity index (χ0v) is 11.4. The number of rotatable bonds is 4. The molecule has 1 heterocycles. The monoisotopic (exact) mass is 238 g/mol. The number of ether oxygens (including phenoxy) is 1. The molecule has 3 heteroatoms. The van der Waals surface area contributed by atoms with Gasteiger partial charge in [0.15, 0.2) is 5.78 Å². The van der Waals surface area contributed by atoms with Crippen molar-refractivity contribution >= 4 is 11.6 Å². The lowest BCUT2D eigenvalue weighted by atomic mass is 9.86. The minimum absolute atomic E-state index is 0.0895. The fourth-order valence-corrected chi connectivity index (χ4v) is 2.30. The number of Topliss-reactive ketones (excluding diaryl/α,β-unsaturated/α-hetero) is 2. The van der Waals surface area contributed by atoms with Crippen molar-refractivity contribution in [1.29, 1.82) is 0 Å². The molecule has 96 valence electrons. The van der Waals surface area contributed by atoms with Gasteiger partial charge in [-0.2, -0.15) is 0 Å². The largest absolute Gasteiger partial charge is 0.493 e. The van der Waals surface area contributed by atoms with Crippen molar-refractivity contribution in [2.75, 3.05) is 0 Å². The molecule has 0 aromatic carbocycles. The summed E-state index contributed by atoms with van der Waals surface area (Å²) in [6, 6.07) is 0. The van der Waals surface area contributed by atoms with Crippen molar-refractivity contribution < 1.29 is 14.3 Å². The quantitative estimate of drug-likeness (QED) is 0.756. The van der Waals surface area contributed by atoms with Crippen LogP contribution in [0.4, 0.5) is 0 Å². The van der Waals surface area contributed by atoms with Gasteiger partial charge < -0.3 is 4.74 Å². The summed E-state index contributed by atoms with van der Waals surface area (Å²) in [5.41, 5.74) is 0.622. The Morgan fingerprint density at radius 2 is 2.00 bits per heavy atom. The van der Waals surface area contributed by atoms with Gasteiger partial charge in [-0.15, -0.1) is 0 Å². The Balaban J connectivity index is 3.05. The third kappa shape index (κ3) is 2.59. The Morgan fingerprint density at radius 3 is 2.47 bits per heavy atom. The first kappa shape index (κ1) is 13.9. The Kier molecular flexibility index (Phi) is 4.49. The van der Waals surface area contributed by atoms with E-state index in [1.54, 1.807) is 6.92 Å². The van der Waals surface area contributed by atoms with E-state index in [1.807, 2.05) is 27.7 Å². The summed E-state index contributed by atoms with van der Waals surface area (Å²) in [5, 5.41) is 0. The van der Waals surface area contributed by atoms with Crippen LogP contribution >= 0.6 is 0 Å². The lowest BCUT2D eigenvalue weighted by Gasteiger charge is -2.33. The molecule has 1 aliphatic rings. The molecule has 0 fully saturated rings. The molecule has 0 amide bonds. The fraction of sp³-hybridized carbons (Fsp3) is 0.714.